The molecule has 2 aromatic rings. The van der Waals surface area contributed by atoms with Gasteiger partial charge in [-0.1, -0.05) is 35.9 Å². The Labute approximate surface area is 164 Å². The average molecular weight is 389 g/mol. The zero-order valence-corrected chi connectivity index (χ0v) is 18.0. The Morgan fingerprint density at radius 2 is 1.44 bits per heavy atom. The number of hydrogen-bond donors (Lipinski definition) is 1. The van der Waals surface area contributed by atoms with E-state index in [1.54, 1.807) is 6.07 Å². The first-order valence-corrected chi connectivity index (χ1v) is 11.8. The second-order valence-corrected chi connectivity index (χ2v) is 9.28. The molecule has 0 aliphatic carbocycles. The normalized spacial score (nSPS) is 11.7. The molecule has 0 atom stereocenters. The molecule has 27 heavy (non-hydrogen) atoms. The van der Waals surface area contributed by atoms with Gasteiger partial charge in [-0.15, -0.1) is 0 Å². The Kier molecular flexibility index (Phi) is 8.51. The summed E-state index contributed by atoms with van der Waals surface area (Å²) in [6.07, 6.45) is 1.72. The molecule has 148 valence electrons. The molecule has 0 spiro atoms. The van der Waals surface area contributed by atoms with Gasteiger partial charge in [0.1, 0.15) is 5.75 Å². The van der Waals surface area contributed by atoms with Crippen LogP contribution in [0.15, 0.2) is 42.5 Å². The fraction of sp³-hybridized carbons (Fsp3) is 0.455. The minimum absolute atomic E-state index is 0.295. The minimum Gasteiger partial charge on any atom is -0.508 e. The zero-order valence-electron chi connectivity index (χ0n) is 17.0. The number of aromatic hydroxyl groups is 1. The van der Waals surface area contributed by atoms with Crippen molar-refractivity contribution < 1.29 is 18.4 Å². The van der Waals surface area contributed by atoms with Crippen molar-refractivity contribution in [1.29, 1.82) is 0 Å². The highest BCUT2D eigenvalue weighted by Crippen LogP contribution is 2.29. The molecule has 4 nitrogen and oxygen atoms in total. The molecule has 2 aromatic carbocycles. The van der Waals surface area contributed by atoms with Gasteiger partial charge in [0.15, 0.2) is 0 Å². The van der Waals surface area contributed by atoms with E-state index in [1.807, 2.05) is 32.9 Å². The van der Waals surface area contributed by atoms with Crippen LogP contribution in [0, 0.1) is 6.92 Å². The summed E-state index contributed by atoms with van der Waals surface area (Å²) in [4.78, 5) is 0. The van der Waals surface area contributed by atoms with Crippen molar-refractivity contribution in [1.82, 2.24) is 0 Å². The third kappa shape index (κ3) is 6.18. The topological polar surface area (TPSA) is 47.9 Å². The van der Waals surface area contributed by atoms with Crippen LogP contribution in [0.1, 0.15) is 38.3 Å². The van der Waals surface area contributed by atoms with Crippen molar-refractivity contribution in [2.24, 2.45) is 0 Å². The molecule has 0 aliphatic heterocycles. The van der Waals surface area contributed by atoms with Crippen molar-refractivity contribution >= 4 is 8.80 Å². The fourth-order valence-corrected chi connectivity index (χ4v) is 5.91. The van der Waals surface area contributed by atoms with E-state index in [9.17, 15) is 5.11 Å². The number of phenolic OH excluding ortho intramolecular Hbond substituents is 1. The molecule has 0 bridgehead atoms. The van der Waals surface area contributed by atoms with Gasteiger partial charge in [0, 0.05) is 25.9 Å². The Morgan fingerprint density at radius 3 is 2.00 bits per heavy atom. The lowest BCUT2D eigenvalue weighted by molar-refractivity contribution is 0.0708. The Balaban J connectivity index is 2.16. The molecule has 0 aromatic heterocycles. The molecule has 0 unspecified atom stereocenters. The molecule has 0 heterocycles. The van der Waals surface area contributed by atoms with Gasteiger partial charge in [0.05, 0.1) is 0 Å². The maximum absolute atomic E-state index is 9.98. The molecule has 0 saturated carbocycles. The summed E-state index contributed by atoms with van der Waals surface area (Å²) in [5.41, 5.74) is 4.69. The van der Waals surface area contributed by atoms with Gasteiger partial charge < -0.3 is 18.4 Å². The predicted octanol–water partition coefficient (Wildman–Crippen LogP) is 5.35. The van der Waals surface area contributed by atoms with E-state index in [-0.39, 0.29) is 0 Å². The van der Waals surface area contributed by atoms with Crippen molar-refractivity contribution in [3.63, 3.8) is 0 Å². The molecular formula is C22H32O4Si. The zero-order chi connectivity index (χ0) is 19.7. The maximum Gasteiger partial charge on any atom is 0.500 e. The molecule has 0 aliphatic rings. The quantitative estimate of drug-likeness (QED) is 0.527. The predicted molar refractivity (Wildman–Crippen MR) is 112 cm³/mol. The van der Waals surface area contributed by atoms with Crippen LogP contribution in [0.3, 0.4) is 0 Å². The minimum atomic E-state index is -2.63. The lowest BCUT2D eigenvalue weighted by Crippen LogP contribution is -2.46. The average Bonchev–Trinajstić information content (AvgIpc) is 2.63. The van der Waals surface area contributed by atoms with Gasteiger partial charge in [-0.3, -0.25) is 0 Å². The van der Waals surface area contributed by atoms with Crippen LogP contribution in [-0.4, -0.2) is 33.7 Å². The highest BCUT2D eigenvalue weighted by molar-refractivity contribution is 6.60. The van der Waals surface area contributed by atoms with E-state index in [1.165, 1.54) is 11.1 Å². The summed E-state index contributed by atoms with van der Waals surface area (Å²) in [6, 6.07) is 14.9. The Hall–Kier alpha value is -1.66. The highest BCUT2D eigenvalue weighted by Gasteiger charge is 2.39. The van der Waals surface area contributed by atoms with E-state index in [0.717, 1.165) is 30.0 Å². The Bertz CT molecular complexity index is 683. The summed E-state index contributed by atoms with van der Waals surface area (Å²) >= 11 is 0. The standard InChI is InChI=1S/C22H32O4Si/c1-5-24-27(25-6-2,26-7-3)16-8-9-20-17-21(23)14-15-22(20)19-12-10-18(4)11-13-19/h10-15,17,23H,5-9,16H2,1-4H3. The number of rotatable bonds is 11. The van der Waals surface area contributed by atoms with Crippen LogP contribution in [0.4, 0.5) is 0 Å². The SMILES string of the molecule is CCO[Si](CCCc1cc(O)ccc1-c1ccc(C)cc1)(OCC)OCC. The van der Waals surface area contributed by atoms with Crippen molar-refractivity contribution in [3.05, 3.63) is 53.6 Å². The van der Waals surface area contributed by atoms with Crippen LogP contribution >= 0.6 is 0 Å². The summed E-state index contributed by atoms with van der Waals surface area (Å²) in [6.45, 7) is 9.79. The van der Waals surface area contributed by atoms with Gasteiger partial charge in [0.2, 0.25) is 0 Å². The van der Waals surface area contributed by atoms with E-state index in [2.05, 4.69) is 31.2 Å². The molecule has 2 rings (SSSR count). The molecule has 0 amide bonds. The number of benzene rings is 2. The van der Waals surface area contributed by atoms with E-state index < -0.39 is 8.80 Å². The van der Waals surface area contributed by atoms with Crippen molar-refractivity contribution in [2.45, 2.75) is 46.6 Å². The number of hydrogen-bond acceptors (Lipinski definition) is 4. The number of aryl methyl sites for hydroxylation is 2. The summed E-state index contributed by atoms with van der Waals surface area (Å²) in [7, 11) is -2.63. The Morgan fingerprint density at radius 1 is 0.852 bits per heavy atom. The maximum atomic E-state index is 9.98. The van der Waals surface area contributed by atoms with Gasteiger partial charge in [-0.25, -0.2) is 0 Å². The number of phenols is 1. The summed E-state index contributed by atoms with van der Waals surface area (Å²) < 4.78 is 17.8. The second kappa shape index (κ2) is 10.6. The summed E-state index contributed by atoms with van der Waals surface area (Å²) in [5.74, 6) is 0.295. The third-order valence-corrected chi connectivity index (χ3v) is 7.62. The smallest absolute Gasteiger partial charge is 0.500 e. The van der Waals surface area contributed by atoms with Gasteiger partial charge in [0.25, 0.3) is 0 Å². The molecule has 1 N–H and O–H groups in total. The first-order valence-electron chi connectivity index (χ1n) is 9.84. The molecule has 0 fully saturated rings. The van der Waals surface area contributed by atoms with Crippen LogP contribution in [-0.2, 0) is 19.7 Å². The largest absolute Gasteiger partial charge is 0.508 e. The first-order chi connectivity index (χ1) is 13.0. The van der Waals surface area contributed by atoms with E-state index >= 15 is 0 Å². The van der Waals surface area contributed by atoms with Crippen molar-refractivity contribution in [3.8, 4) is 16.9 Å². The molecule has 0 saturated heterocycles. The lowest BCUT2D eigenvalue weighted by Gasteiger charge is -2.28. The monoisotopic (exact) mass is 388 g/mol. The fourth-order valence-electron chi connectivity index (χ4n) is 3.30. The van der Waals surface area contributed by atoms with Gasteiger partial charge >= 0.3 is 8.80 Å². The van der Waals surface area contributed by atoms with Crippen molar-refractivity contribution in [2.75, 3.05) is 19.8 Å². The highest BCUT2D eigenvalue weighted by atomic mass is 28.4. The third-order valence-electron chi connectivity index (χ3n) is 4.47. The van der Waals surface area contributed by atoms with E-state index in [0.29, 0.717) is 25.6 Å². The first kappa shape index (κ1) is 21.6. The van der Waals surface area contributed by atoms with Crippen LogP contribution in [0.25, 0.3) is 11.1 Å². The molecule has 5 heteroatoms. The summed E-state index contributed by atoms with van der Waals surface area (Å²) in [5, 5.41) is 9.98. The lowest BCUT2D eigenvalue weighted by atomic mass is 9.96. The van der Waals surface area contributed by atoms with E-state index in [4.69, 9.17) is 13.3 Å². The second-order valence-electron chi connectivity index (χ2n) is 6.54. The van der Waals surface area contributed by atoms with Crippen LogP contribution in [0.5, 0.6) is 5.75 Å². The molecular weight excluding hydrogens is 356 g/mol. The van der Waals surface area contributed by atoms with Crippen LogP contribution in [0.2, 0.25) is 6.04 Å². The molecule has 0 radical (unpaired) electrons. The van der Waals surface area contributed by atoms with Crippen LogP contribution < -0.4 is 0 Å². The van der Waals surface area contributed by atoms with Gasteiger partial charge in [-0.2, -0.15) is 0 Å². The van der Waals surface area contributed by atoms with Gasteiger partial charge in [-0.05, 0) is 69.4 Å².